The van der Waals surface area contributed by atoms with Crippen LogP contribution < -0.4 is 14.2 Å². The lowest BCUT2D eigenvalue weighted by Crippen LogP contribution is -2.31. The molecule has 1 N–H and O–H groups in total. The van der Waals surface area contributed by atoms with Gasteiger partial charge in [-0.05, 0) is 42.0 Å². The molecule has 2 aromatic carbocycles. The number of ether oxygens (including phenoxy) is 2. The fourth-order valence-corrected chi connectivity index (χ4v) is 2.95. The molecule has 2 rings (SSSR count). The van der Waals surface area contributed by atoms with Gasteiger partial charge in [-0.2, -0.15) is 0 Å². The molecule has 0 radical (unpaired) electrons. The summed E-state index contributed by atoms with van der Waals surface area (Å²) in [6.07, 6.45) is -0.0629. The first-order valence-corrected chi connectivity index (χ1v) is 8.25. The third-order valence-corrected chi connectivity index (χ3v) is 4.51. The average Bonchev–Trinajstić information content (AvgIpc) is 2.54. The number of amides is 1. The summed E-state index contributed by atoms with van der Waals surface area (Å²) >= 11 is 0. The lowest BCUT2D eigenvalue weighted by atomic mass is 10.1. The molecule has 0 aromatic heterocycles. The summed E-state index contributed by atoms with van der Waals surface area (Å²) in [4.78, 5) is 12.0. The molecule has 0 fully saturated rings. The molecule has 0 aliphatic heterocycles. The zero-order valence-corrected chi connectivity index (χ0v) is 13.6. The molecule has 0 saturated carbocycles. The summed E-state index contributed by atoms with van der Waals surface area (Å²) in [5.41, 5.74) is 0.659. The van der Waals surface area contributed by atoms with Gasteiger partial charge in [0, 0.05) is 0 Å². The first kappa shape index (κ1) is 16.8. The quantitative estimate of drug-likeness (QED) is 0.870. The lowest BCUT2D eigenvalue weighted by Gasteiger charge is -2.08. The van der Waals surface area contributed by atoms with Crippen molar-refractivity contribution in [3.05, 3.63) is 54.1 Å². The highest BCUT2D eigenvalue weighted by molar-refractivity contribution is 7.90. The zero-order valence-electron chi connectivity index (χ0n) is 12.8. The van der Waals surface area contributed by atoms with E-state index in [1.807, 2.05) is 4.72 Å². The minimum atomic E-state index is -3.91. The molecule has 23 heavy (non-hydrogen) atoms. The highest BCUT2D eigenvalue weighted by Crippen LogP contribution is 2.16. The summed E-state index contributed by atoms with van der Waals surface area (Å²) in [5, 5.41) is 0. The van der Waals surface area contributed by atoms with Crippen molar-refractivity contribution in [1.29, 1.82) is 0 Å². The molecule has 0 spiro atoms. The fraction of sp³-hybridized carbons (Fsp3) is 0.188. The van der Waals surface area contributed by atoms with Gasteiger partial charge in [0.2, 0.25) is 5.91 Å². The maximum Gasteiger partial charge on any atom is 0.264 e. The van der Waals surface area contributed by atoms with E-state index in [9.17, 15) is 13.2 Å². The summed E-state index contributed by atoms with van der Waals surface area (Å²) in [7, 11) is -0.900. The maximum atomic E-state index is 12.2. The van der Waals surface area contributed by atoms with Crippen LogP contribution in [0.15, 0.2) is 53.4 Å². The fourth-order valence-electron chi connectivity index (χ4n) is 1.97. The minimum absolute atomic E-state index is 0.00251. The van der Waals surface area contributed by atoms with Gasteiger partial charge in [0.15, 0.2) is 0 Å². The third-order valence-electron chi connectivity index (χ3n) is 3.12. The molecule has 0 unspecified atom stereocenters. The van der Waals surface area contributed by atoms with E-state index in [1.54, 1.807) is 24.3 Å². The molecular weight excluding hydrogens is 318 g/mol. The summed E-state index contributed by atoms with van der Waals surface area (Å²) in [5.74, 6) is 0.522. The van der Waals surface area contributed by atoms with Gasteiger partial charge in [-0.1, -0.05) is 12.1 Å². The number of hydrogen-bond acceptors (Lipinski definition) is 5. The summed E-state index contributed by atoms with van der Waals surface area (Å²) in [6, 6.07) is 12.7. The van der Waals surface area contributed by atoms with Crippen molar-refractivity contribution < 1.29 is 22.7 Å². The standard InChI is InChI=1S/C16H17NO5S/c1-21-13-6-8-15(9-7-13)23(19,20)17-16(18)11-12-4-3-5-14(10-12)22-2/h3-10H,11H2,1-2H3,(H,17,18). The molecule has 0 saturated heterocycles. The second-order valence-corrected chi connectivity index (χ2v) is 6.41. The summed E-state index contributed by atoms with van der Waals surface area (Å²) in [6.45, 7) is 0. The minimum Gasteiger partial charge on any atom is -0.497 e. The van der Waals surface area contributed by atoms with Crippen molar-refractivity contribution in [2.24, 2.45) is 0 Å². The van der Waals surface area contributed by atoms with Crippen LogP contribution in [0.25, 0.3) is 0 Å². The molecule has 122 valence electrons. The molecule has 2 aromatic rings. The van der Waals surface area contributed by atoms with Gasteiger partial charge in [0.05, 0.1) is 25.5 Å². The van der Waals surface area contributed by atoms with Crippen LogP contribution in [0.1, 0.15) is 5.56 Å². The third kappa shape index (κ3) is 4.46. The molecule has 1 amide bonds. The van der Waals surface area contributed by atoms with E-state index >= 15 is 0 Å². The van der Waals surface area contributed by atoms with E-state index in [2.05, 4.69) is 0 Å². The predicted octanol–water partition coefficient (Wildman–Crippen LogP) is 1.75. The van der Waals surface area contributed by atoms with Crippen molar-refractivity contribution >= 4 is 15.9 Å². The van der Waals surface area contributed by atoms with Crippen LogP contribution in [0.3, 0.4) is 0 Å². The van der Waals surface area contributed by atoms with Crippen molar-refractivity contribution in [3.63, 3.8) is 0 Å². The van der Waals surface area contributed by atoms with Crippen LogP contribution in [0.2, 0.25) is 0 Å². The normalized spacial score (nSPS) is 10.9. The number of rotatable bonds is 6. The van der Waals surface area contributed by atoms with E-state index in [0.717, 1.165) is 0 Å². The maximum absolute atomic E-state index is 12.2. The molecule has 0 atom stereocenters. The number of benzene rings is 2. The second kappa shape index (κ2) is 7.15. The van der Waals surface area contributed by atoms with E-state index in [4.69, 9.17) is 9.47 Å². The Labute approximate surface area is 135 Å². The number of nitrogens with one attached hydrogen (secondary N) is 1. The van der Waals surface area contributed by atoms with Crippen LogP contribution in [-0.4, -0.2) is 28.5 Å². The van der Waals surface area contributed by atoms with Crippen LogP contribution in [0, 0.1) is 0 Å². The smallest absolute Gasteiger partial charge is 0.264 e. The predicted molar refractivity (Wildman–Crippen MR) is 85.0 cm³/mol. The van der Waals surface area contributed by atoms with Crippen molar-refractivity contribution in [1.82, 2.24) is 4.72 Å². The van der Waals surface area contributed by atoms with Crippen molar-refractivity contribution in [2.75, 3.05) is 14.2 Å². The molecule has 0 bridgehead atoms. The van der Waals surface area contributed by atoms with E-state index < -0.39 is 15.9 Å². The van der Waals surface area contributed by atoms with Gasteiger partial charge in [-0.15, -0.1) is 0 Å². The van der Waals surface area contributed by atoms with Gasteiger partial charge in [-0.25, -0.2) is 13.1 Å². The Morgan fingerprint density at radius 3 is 2.26 bits per heavy atom. The SMILES string of the molecule is COc1ccc(S(=O)(=O)NC(=O)Cc2cccc(OC)c2)cc1. The topological polar surface area (TPSA) is 81.7 Å². The monoisotopic (exact) mass is 335 g/mol. The highest BCUT2D eigenvalue weighted by Gasteiger charge is 2.17. The van der Waals surface area contributed by atoms with Crippen LogP contribution in [0.5, 0.6) is 11.5 Å². The second-order valence-electron chi connectivity index (χ2n) is 4.73. The lowest BCUT2D eigenvalue weighted by molar-refractivity contribution is -0.118. The van der Waals surface area contributed by atoms with Gasteiger partial charge in [0.1, 0.15) is 11.5 Å². The zero-order chi connectivity index (χ0) is 16.9. The average molecular weight is 335 g/mol. The summed E-state index contributed by atoms with van der Waals surface area (Å²) < 4.78 is 36.4. The number of carbonyl (C=O) groups is 1. The number of carbonyl (C=O) groups excluding carboxylic acids is 1. The molecule has 7 heteroatoms. The van der Waals surface area contributed by atoms with Crippen LogP contribution in [0.4, 0.5) is 0 Å². The van der Waals surface area contributed by atoms with E-state index in [1.165, 1.54) is 38.5 Å². The van der Waals surface area contributed by atoms with Crippen molar-refractivity contribution in [3.8, 4) is 11.5 Å². The Morgan fingerprint density at radius 2 is 1.65 bits per heavy atom. The Bertz CT molecular complexity index is 784. The van der Waals surface area contributed by atoms with E-state index in [0.29, 0.717) is 17.1 Å². The number of methoxy groups -OCH3 is 2. The molecule has 0 heterocycles. The molecule has 0 aliphatic carbocycles. The first-order chi connectivity index (χ1) is 10.9. The van der Waals surface area contributed by atoms with Gasteiger partial charge < -0.3 is 9.47 Å². The Balaban J connectivity index is 2.08. The van der Waals surface area contributed by atoms with Gasteiger partial charge in [0.25, 0.3) is 10.0 Å². The largest absolute Gasteiger partial charge is 0.497 e. The van der Waals surface area contributed by atoms with E-state index in [-0.39, 0.29) is 11.3 Å². The Kier molecular flexibility index (Phi) is 5.23. The van der Waals surface area contributed by atoms with Gasteiger partial charge >= 0.3 is 0 Å². The molecule has 0 aliphatic rings. The first-order valence-electron chi connectivity index (χ1n) is 6.77. The molecular formula is C16H17NO5S. The highest BCUT2D eigenvalue weighted by atomic mass is 32.2. The van der Waals surface area contributed by atoms with Crippen molar-refractivity contribution in [2.45, 2.75) is 11.3 Å². The Morgan fingerprint density at radius 1 is 1.00 bits per heavy atom. The number of sulfonamides is 1. The number of hydrogen-bond donors (Lipinski definition) is 1. The van der Waals surface area contributed by atoms with Crippen LogP contribution in [-0.2, 0) is 21.2 Å². The van der Waals surface area contributed by atoms with Crippen LogP contribution >= 0.6 is 0 Å². The molecule has 6 nitrogen and oxygen atoms in total. The Hall–Kier alpha value is -2.54. The van der Waals surface area contributed by atoms with Gasteiger partial charge in [-0.3, -0.25) is 4.79 Å².